The molecule has 0 atom stereocenters. The first-order chi connectivity index (χ1) is 8.11. The molecule has 2 amide bonds. The van der Waals surface area contributed by atoms with E-state index in [-0.39, 0.29) is 24.0 Å². The van der Waals surface area contributed by atoms with Crippen molar-refractivity contribution >= 4 is 11.8 Å². The monoisotopic (exact) mass is 236 g/mol. The summed E-state index contributed by atoms with van der Waals surface area (Å²) in [5, 5.41) is 14.1. The molecular weight excluding hydrogens is 220 g/mol. The Kier molecular flexibility index (Phi) is 5.00. The van der Waals surface area contributed by atoms with Gasteiger partial charge in [0.2, 0.25) is 11.8 Å². The van der Waals surface area contributed by atoms with Gasteiger partial charge in [-0.05, 0) is 24.1 Å². The Morgan fingerprint density at radius 1 is 1.18 bits per heavy atom. The molecule has 5 nitrogen and oxygen atoms in total. The maximum atomic E-state index is 11.2. The lowest BCUT2D eigenvalue weighted by molar-refractivity contribution is -0.128. The Morgan fingerprint density at radius 3 is 2.41 bits per heavy atom. The molecule has 1 aromatic rings. The maximum absolute atomic E-state index is 11.2. The molecule has 0 aliphatic carbocycles. The van der Waals surface area contributed by atoms with Gasteiger partial charge in [0.1, 0.15) is 12.2 Å². The second-order valence-corrected chi connectivity index (χ2v) is 3.62. The lowest BCUT2D eigenvalue weighted by atomic mass is 10.1. The van der Waals surface area contributed by atoms with Crippen LogP contribution in [0.15, 0.2) is 24.3 Å². The first kappa shape index (κ1) is 13.0. The number of nitrogens with one attached hydrogen (secondary N) is 2. The lowest BCUT2D eigenvalue weighted by Crippen LogP contribution is -2.31. The zero-order valence-corrected chi connectivity index (χ0v) is 9.69. The van der Waals surface area contributed by atoms with E-state index < -0.39 is 0 Å². The fourth-order valence-corrected chi connectivity index (χ4v) is 1.31. The van der Waals surface area contributed by atoms with E-state index in [1.807, 2.05) is 0 Å². The number of hydrogen-bond acceptors (Lipinski definition) is 3. The van der Waals surface area contributed by atoms with Crippen LogP contribution in [0.1, 0.15) is 12.0 Å². The van der Waals surface area contributed by atoms with Crippen molar-refractivity contribution in [1.29, 1.82) is 0 Å². The first-order valence-corrected chi connectivity index (χ1v) is 5.37. The quantitative estimate of drug-likeness (QED) is 0.638. The van der Waals surface area contributed by atoms with Crippen LogP contribution >= 0.6 is 0 Å². The van der Waals surface area contributed by atoms with Crippen LogP contribution in [0.2, 0.25) is 0 Å². The van der Waals surface area contributed by atoms with Crippen molar-refractivity contribution in [3.8, 4) is 5.75 Å². The minimum atomic E-state index is -0.299. The summed E-state index contributed by atoms with van der Waals surface area (Å²) < 4.78 is 0. The zero-order valence-electron chi connectivity index (χ0n) is 9.69. The summed E-state index contributed by atoms with van der Waals surface area (Å²) in [7, 11) is 1.49. The van der Waals surface area contributed by atoms with Gasteiger partial charge in [0.25, 0.3) is 0 Å². The minimum absolute atomic E-state index is 0.147. The Labute approximate surface area is 99.8 Å². The lowest BCUT2D eigenvalue weighted by Gasteiger charge is -2.05. The molecule has 0 aromatic heterocycles. The molecule has 0 aliphatic rings. The summed E-state index contributed by atoms with van der Waals surface area (Å²) in [6.07, 6.45) is 0.520. The molecule has 0 saturated carbocycles. The van der Waals surface area contributed by atoms with Crippen LogP contribution in [0, 0.1) is 0 Å². The highest BCUT2D eigenvalue weighted by Gasteiger charge is 2.06. The van der Waals surface area contributed by atoms with Crippen molar-refractivity contribution in [2.45, 2.75) is 12.8 Å². The smallest absolute Gasteiger partial charge is 0.229 e. The van der Waals surface area contributed by atoms with Crippen molar-refractivity contribution in [2.75, 3.05) is 13.6 Å². The van der Waals surface area contributed by atoms with E-state index in [0.717, 1.165) is 5.56 Å². The summed E-state index contributed by atoms with van der Waals surface area (Å²) in [5.74, 6) is -0.368. The van der Waals surface area contributed by atoms with Gasteiger partial charge in [-0.15, -0.1) is 0 Å². The fourth-order valence-electron chi connectivity index (χ4n) is 1.31. The molecule has 3 N–H and O–H groups in total. The van der Waals surface area contributed by atoms with Crippen LogP contribution in [-0.2, 0) is 16.0 Å². The molecule has 0 heterocycles. The average molecular weight is 236 g/mol. The normalized spacial score (nSPS) is 9.71. The second kappa shape index (κ2) is 6.52. The van der Waals surface area contributed by atoms with E-state index in [4.69, 9.17) is 5.11 Å². The Balaban J connectivity index is 2.26. The molecule has 0 fully saturated rings. The van der Waals surface area contributed by atoms with Gasteiger partial charge in [-0.25, -0.2) is 0 Å². The van der Waals surface area contributed by atoms with Crippen LogP contribution in [0.3, 0.4) is 0 Å². The van der Waals surface area contributed by atoms with E-state index in [1.165, 1.54) is 7.05 Å². The highest BCUT2D eigenvalue weighted by atomic mass is 16.3. The molecule has 17 heavy (non-hydrogen) atoms. The molecule has 1 rings (SSSR count). The summed E-state index contributed by atoms with van der Waals surface area (Å²) >= 11 is 0. The Hall–Kier alpha value is -2.04. The molecule has 0 aliphatic heterocycles. The van der Waals surface area contributed by atoms with E-state index in [9.17, 15) is 9.59 Å². The number of phenols is 1. The predicted molar refractivity (Wildman–Crippen MR) is 63.5 cm³/mol. The maximum Gasteiger partial charge on any atom is 0.229 e. The van der Waals surface area contributed by atoms with Crippen molar-refractivity contribution < 1.29 is 14.7 Å². The number of carbonyl (C=O) groups excluding carboxylic acids is 2. The van der Waals surface area contributed by atoms with E-state index in [2.05, 4.69) is 10.6 Å². The second-order valence-electron chi connectivity index (χ2n) is 3.62. The van der Waals surface area contributed by atoms with Gasteiger partial charge in [-0.1, -0.05) is 12.1 Å². The highest BCUT2D eigenvalue weighted by Crippen LogP contribution is 2.09. The molecule has 0 bridgehead atoms. The topological polar surface area (TPSA) is 78.4 Å². The van der Waals surface area contributed by atoms with Crippen LogP contribution in [-0.4, -0.2) is 30.5 Å². The van der Waals surface area contributed by atoms with Gasteiger partial charge in [-0.2, -0.15) is 0 Å². The number of amides is 2. The number of rotatable bonds is 5. The summed E-state index contributed by atoms with van der Waals surface area (Å²) in [5.41, 5.74) is 1.02. The molecule has 0 spiro atoms. The minimum Gasteiger partial charge on any atom is -0.508 e. The van der Waals surface area contributed by atoms with Gasteiger partial charge in [0.15, 0.2) is 0 Å². The van der Waals surface area contributed by atoms with Gasteiger partial charge in [0.05, 0.1) is 0 Å². The summed E-state index contributed by atoms with van der Waals surface area (Å²) in [4.78, 5) is 22.1. The van der Waals surface area contributed by atoms with Crippen LogP contribution in [0.4, 0.5) is 0 Å². The number of carbonyl (C=O) groups is 2. The number of phenolic OH excluding ortho intramolecular Hbond substituents is 1. The molecular formula is C12H16N2O3. The molecule has 0 unspecified atom stereocenters. The molecule has 92 valence electrons. The van der Waals surface area contributed by atoms with Gasteiger partial charge < -0.3 is 15.7 Å². The van der Waals surface area contributed by atoms with Gasteiger partial charge in [-0.3, -0.25) is 9.59 Å². The molecule has 0 radical (unpaired) electrons. The fraction of sp³-hybridized carbons (Fsp3) is 0.333. The average Bonchev–Trinajstić information content (AvgIpc) is 2.31. The Bertz CT molecular complexity index is 387. The highest BCUT2D eigenvalue weighted by molar-refractivity contribution is 5.96. The van der Waals surface area contributed by atoms with E-state index in [0.29, 0.717) is 13.0 Å². The van der Waals surface area contributed by atoms with Crippen molar-refractivity contribution in [1.82, 2.24) is 10.6 Å². The summed E-state index contributed by atoms with van der Waals surface area (Å²) in [6, 6.07) is 6.78. The van der Waals surface area contributed by atoms with Gasteiger partial charge in [0, 0.05) is 13.6 Å². The van der Waals surface area contributed by atoms with Gasteiger partial charge >= 0.3 is 0 Å². The third-order valence-corrected chi connectivity index (χ3v) is 2.27. The SMILES string of the molecule is CNC(=O)CC(=O)NCCc1ccc(O)cc1. The Morgan fingerprint density at radius 2 is 1.82 bits per heavy atom. The van der Waals surface area contributed by atoms with Crippen molar-refractivity contribution in [2.24, 2.45) is 0 Å². The molecule has 0 saturated heterocycles. The van der Waals surface area contributed by atoms with Crippen molar-refractivity contribution in [3.05, 3.63) is 29.8 Å². The van der Waals surface area contributed by atoms with Crippen molar-refractivity contribution in [3.63, 3.8) is 0 Å². The molecule has 1 aromatic carbocycles. The van der Waals surface area contributed by atoms with E-state index >= 15 is 0 Å². The van der Waals surface area contributed by atoms with E-state index in [1.54, 1.807) is 24.3 Å². The number of hydrogen-bond donors (Lipinski definition) is 3. The standard InChI is InChI=1S/C12H16N2O3/c1-13-11(16)8-12(17)14-7-6-9-2-4-10(15)5-3-9/h2-5,15H,6-8H2,1H3,(H,13,16)(H,14,17). The predicted octanol–water partition coefficient (Wildman–Crippen LogP) is 0.187. The summed E-state index contributed by atoms with van der Waals surface area (Å²) in [6.45, 7) is 0.473. The number of aromatic hydroxyl groups is 1. The van der Waals surface area contributed by atoms with Crippen LogP contribution < -0.4 is 10.6 Å². The molecule has 5 heteroatoms. The third-order valence-electron chi connectivity index (χ3n) is 2.27. The number of benzene rings is 1. The van der Waals surface area contributed by atoms with Crippen LogP contribution in [0.25, 0.3) is 0 Å². The van der Waals surface area contributed by atoms with Crippen LogP contribution in [0.5, 0.6) is 5.75 Å². The third kappa shape index (κ3) is 5.01. The first-order valence-electron chi connectivity index (χ1n) is 5.37. The zero-order chi connectivity index (χ0) is 12.7. The largest absolute Gasteiger partial charge is 0.508 e.